The third-order valence-electron chi connectivity index (χ3n) is 12.8. The first-order chi connectivity index (χ1) is 28.7. The van der Waals surface area contributed by atoms with Crippen molar-refractivity contribution in [2.24, 2.45) is 0 Å². The highest BCUT2D eigenvalue weighted by Crippen LogP contribution is 2.65. The summed E-state index contributed by atoms with van der Waals surface area (Å²) < 4.78 is 19.6. The average molecular weight is 741 g/mol. The van der Waals surface area contributed by atoms with Crippen molar-refractivity contribution in [1.82, 2.24) is 9.97 Å². The van der Waals surface area contributed by atoms with Gasteiger partial charge in [-0.15, -0.1) is 0 Å². The first-order valence-electron chi connectivity index (χ1n) is 19.6. The molecule has 12 aromatic rings. The number of aromatic nitrogens is 2. The van der Waals surface area contributed by atoms with Gasteiger partial charge in [-0.2, -0.15) is 0 Å². The summed E-state index contributed by atoms with van der Waals surface area (Å²) in [7, 11) is 0. The Kier molecular flexibility index (Phi) is 5.65. The van der Waals surface area contributed by atoms with Crippen molar-refractivity contribution in [3.05, 3.63) is 192 Å². The first kappa shape index (κ1) is 30.5. The predicted molar refractivity (Wildman–Crippen MR) is 231 cm³/mol. The van der Waals surface area contributed by atoms with Crippen LogP contribution >= 0.6 is 0 Å². The molecule has 5 heteroatoms. The molecule has 0 fully saturated rings. The summed E-state index contributed by atoms with van der Waals surface area (Å²) in [5.41, 5.74) is 18.3. The molecule has 2 aliphatic carbocycles. The van der Waals surface area contributed by atoms with Gasteiger partial charge in [0.2, 0.25) is 11.4 Å². The minimum atomic E-state index is -0.601. The van der Waals surface area contributed by atoms with E-state index >= 15 is 0 Å². The van der Waals surface area contributed by atoms with E-state index in [1.54, 1.807) is 12.4 Å². The van der Waals surface area contributed by atoms with Gasteiger partial charge in [0.25, 0.3) is 0 Å². The van der Waals surface area contributed by atoms with E-state index in [0.29, 0.717) is 11.4 Å². The number of fused-ring (bicyclic) bond motifs is 20. The second-order valence-corrected chi connectivity index (χ2v) is 15.6. The van der Waals surface area contributed by atoms with Gasteiger partial charge in [-0.1, -0.05) is 91.0 Å². The number of hydrogen-bond donors (Lipinski definition) is 0. The van der Waals surface area contributed by atoms with E-state index in [4.69, 9.17) is 13.3 Å². The molecule has 2 aliphatic rings. The molecule has 5 aromatic heterocycles. The maximum atomic E-state index is 6.94. The lowest BCUT2D eigenvalue weighted by Gasteiger charge is -2.31. The molecule has 0 N–H and O–H groups in total. The smallest absolute Gasteiger partial charge is 0.227 e. The maximum absolute atomic E-state index is 6.94. The van der Waals surface area contributed by atoms with Gasteiger partial charge in [0, 0.05) is 50.3 Å². The molecular formula is C53H28N2O3. The number of para-hydroxylation sites is 1. The predicted octanol–water partition coefficient (Wildman–Crippen LogP) is 13.9. The van der Waals surface area contributed by atoms with Gasteiger partial charge >= 0.3 is 0 Å². The quantitative estimate of drug-likeness (QED) is 0.177. The van der Waals surface area contributed by atoms with Crippen LogP contribution in [0, 0.1) is 0 Å². The molecule has 5 nitrogen and oxygen atoms in total. The average Bonchev–Trinajstić information content (AvgIpc) is 4.08. The fourth-order valence-electron chi connectivity index (χ4n) is 10.5. The summed E-state index contributed by atoms with van der Waals surface area (Å²) in [4.78, 5) is 9.02. The molecule has 0 aliphatic heterocycles. The maximum Gasteiger partial charge on any atom is 0.227 e. The molecule has 0 amide bonds. The molecule has 0 unspecified atom stereocenters. The highest BCUT2D eigenvalue weighted by atomic mass is 16.3. The van der Waals surface area contributed by atoms with Crippen LogP contribution in [0.1, 0.15) is 22.3 Å². The van der Waals surface area contributed by atoms with E-state index in [2.05, 4.69) is 156 Å². The number of pyridine rings is 2. The minimum Gasteiger partial charge on any atom is -0.455 e. The fourth-order valence-corrected chi connectivity index (χ4v) is 10.5. The van der Waals surface area contributed by atoms with Crippen molar-refractivity contribution >= 4 is 66.1 Å². The third-order valence-corrected chi connectivity index (χ3v) is 12.8. The zero-order chi connectivity index (χ0) is 37.7. The lowest BCUT2D eigenvalue weighted by Crippen LogP contribution is -2.26. The molecule has 14 rings (SSSR count). The lowest BCUT2D eigenvalue weighted by atomic mass is 9.69. The largest absolute Gasteiger partial charge is 0.455 e. The Morgan fingerprint density at radius 3 is 1.67 bits per heavy atom. The number of benzene rings is 7. The summed E-state index contributed by atoms with van der Waals surface area (Å²) in [6.45, 7) is 0. The number of nitrogens with zero attached hydrogens (tertiary/aromatic N) is 2. The van der Waals surface area contributed by atoms with Crippen molar-refractivity contribution in [2.45, 2.75) is 5.41 Å². The second kappa shape index (κ2) is 10.8. The second-order valence-electron chi connectivity index (χ2n) is 15.6. The van der Waals surface area contributed by atoms with E-state index in [1.807, 2.05) is 12.1 Å². The van der Waals surface area contributed by atoms with E-state index in [9.17, 15) is 0 Å². The van der Waals surface area contributed by atoms with Crippen LogP contribution in [0.5, 0.6) is 0 Å². The molecule has 0 radical (unpaired) electrons. The Morgan fingerprint density at radius 1 is 0.362 bits per heavy atom. The summed E-state index contributed by atoms with van der Waals surface area (Å²) in [5.74, 6) is 0. The van der Waals surface area contributed by atoms with Gasteiger partial charge in [0.05, 0.1) is 5.41 Å². The summed E-state index contributed by atoms with van der Waals surface area (Å²) in [6.07, 6.45) is 3.55. The van der Waals surface area contributed by atoms with Gasteiger partial charge in [-0.25, -0.2) is 9.97 Å². The Morgan fingerprint density at radius 2 is 0.948 bits per heavy atom. The van der Waals surface area contributed by atoms with Crippen LogP contribution in [0.15, 0.2) is 183 Å². The molecule has 1 spiro atoms. The Bertz CT molecular complexity index is 3720. The molecule has 0 saturated heterocycles. The number of furan rings is 3. The van der Waals surface area contributed by atoms with Crippen LogP contribution in [-0.4, -0.2) is 9.97 Å². The molecule has 7 aromatic carbocycles. The Hall–Kier alpha value is -7.76. The highest BCUT2D eigenvalue weighted by molar-refractivity contribution is 6.20. The molecule has 0 saturated carbocycles. The fraction of sp³-hybridized carbons (Fsp3) is 0.0189. The van der Waals surface area contributed by atoms with Crippen molar-refractivity contribution < 1.29 is 13.3 Å². The molecule has 268 valence electrons. The van der Waals surface area contributed by atoms with Crippen LogP contribution in [0.25, 0.3) is 111 Å². The standard InChI is InChI=1S/C53H28N2O3/c1-4-14-41-32(9-1)33-10-2-5-15-42(33)53(41)43-25-29(30-17-20-34-36-12-7-23-54-51(36)57-46(34)26-30)18-22-38(43)48-44(53)28-40(50-49(48)39-11-3-6-16-45(39)56-50)31-19-21-35-37-13-8-24-55-52(37)58-47(35)27-31/h1-28H. The van der Waals surface area contributed by atoms with Gasteiger partial charge in [0.15, 0.2) is 0 Å². The first-order valence-corrected chi connectivity index (χ1v) is 19.6. The van der Waals surface area contributed by atoms with Crippen LogP contribution < -0.4 is 0 Å². The van der Waals surface area contributed by atoms with Gasteiger partial charge < -0.3 is 13.3 Å². The van der Waals surface area contributed by atoms with Gasteiger partial charge in [-0.3, -0.25) is 0 Å². The molecule has 5 heterocycles. The number of hydrogen-bond acceptors (Lipinski definition) is 5. The topological polar surface area (TPSA) is 65.2 Å². The van der Waals surface area contributed by atoms with E-state index in [1.165, 1.54) is 44.5 Å². The zero-order valence-electron chi connectivity index (χ0n) is 30.8. The minimum absolute atomic E-state index is 0.601. The Labute approximate surface area is 330 Å². The monoisotopic (exact) mass is 740 g/mol. The van der Waals surface area contributed by atoms with Gasteiger partial charge in [0.1, 0.15) is 22.3 Å². The number of rotatable bonds is 2. The van der Waals surface area contributed by atoms with Gasteiger partial charge in [-0.05, 0) is 128 Å². The van der Waals surface area contributed by atoms with Crippen molar-refractivity contribution in [3.63, 3.8) is 0 Å². The normalized spacial score (nSPS) is 13.7. The van der Waals surface area contributed by atoms with E-state index < -0.39 is 5.41 Å². The molecule has 58 heavy (non-hydrogen) atoms. The van der Waals surface area contributed by atoms with E-state index in [-0.39, 0.29) is 0 Å². The summed E-state index contributed by atoms with van der Waals surface area (Å²) in [5, 5.41) is 6.36. The molecular weight excluding hydrogens is 713 g/mol. The molecule has 0 atom stereocenters. The molecule has 0 bridgehead atoms. The van der Waals surface area contributed by atoms with Crippen molar-refractivity contribution in [3.8, 4) is 44.5 Å². The van der Waals surface area contributed by atoms with Crippen molar-refractivity contribution in [2.75, 3.05) is 0 Å². The van der Waals surface area contributed by atoms with Crippen LogP contribution in [-0.2, 0) is 5.41 Å². The zero-order valence-corrected chi connectivity index (χ0v) is 30.8. The van der Waals surface area contributed by atoms with Crippen LogP contribution in [0.2, 0.25) is 0 Å². The van der Waals surface area contributed by atoms with E-state index in [0.717, 1.165) is 76.9 Å². The third kappa shape index (κ3) is 3.71. The van der Waals surface area contributed by atoms with Crippen LogP contribution in [0.3, 0.4) is 0 Å². The van der Waals surface area contributed by atoms with Crippen LogP contribution in [0.4, 0.5) is 0 Å². The highest BCUT2D eigenvalue weighted by Gasteiger charge is 2.52. The SMILES string of the molecule is c1ccc2c(c1)-c1ccccc1C21c2cc(-c3ccc4c(c3)oc3ncccc34)ccc2-c2c1cc(-c1ccc3c(c1)oc1ncccc13)c1oc3ccccc3c21. The lowest BCUT2D eigenvalue weighted by molar-refractivity contribution is 0.653. The van der Waals surface area contributed by atoms with Crippen molar-refractivity contribution in [1.29, 1.82) is 0 Å². The summed E-state index contributed by atoms with van der Waals surface area (Å²) in [6, 6.07) is 56.9. The summed E-state index contributed by atoms with van der Waals surface area (Å²) >= 11 is 0. The Balaban J connectivity index is 1.11.